The van der Waals surface area contributed by atoms with Crippen LogP contribution in [0.25, 0.3) is 0 Å². The highest BCUT2D eigenvalue weighted by atomic mass is 79.9. The van der Waals surface area contributed by atoms with E-state index in [0.717, 1.165) is 36.1 Å². The van der Waals surface area contributed by atoms with Gasteiger partial charge in [-0.15, -0.1) is 23.7 Å². The summed E-state index contributed by atoms with van der Waals surface area (Å²) in [7, 11) is 0. The van der Waals surface area contributed by atoms with Gasteiger partial charge in [-0.05, 0) is 53.9 Å². The molecular formula is C11H16BrClN2OS. The van der Waals surface area contributed by atoms with Crippen LogP contribution in [-0.2, 0) is 11.2 Å². The van der Waals surface area contributed by atoms with Crippen molar-refractivity contribution in [3.05, 3.63) is 20.8 Å². The van der Waals surface area contributed by atoms with Gasteiger partial charge in [0.25, 0.3) is 0 Å². The SMILES string of the molecule is Cl.O=C(NCCc1ccc(Br)s1)C1CCCN1. The molecule has 17 heavy (non-hydrogen) atoms. The Hall–Kier alpha value is -0.100. The minimum Gasteiger partial charge on any atom is -0.354 e. The molecule has 0 radical (unpaired) electrons. The van der Waals surface area contributed by atoms with Gasteiger partial charge in [-0.2, -0.15) is 0 Å². The number of nitrogens with one attached hydrogen (secondary N) is 2. The van der Waals surface area contributed by atoms with Gasteiger partial charge in [-0.1, -0.05) is 0 Å². The second kappa shape index (κ2) is 7.36. The summed E-state index contributed by atoms with van der Waals surface area (Å²) in [5.41, 5.74) is 0. The standard InChI is InChI=1S/C11H15BrN2OS.ClH/c12-10-4-3-8(16-10)5-7-14-11(15)9-2-1-6-13-9;/h3-4,9,13H,1-2,5-7H2,(H,14,15);1H. The molecule has 0 aliphatic carbocycles. The first-order valence-corrected chi connectivity index (χ1v) is 7.12. The second-order valence-corrected chi connectivity index (χ2v) is 6.44. The molecule has 3 nitrogen and oxygen atoms in total. The van der Waals surface area contributed by atoms with Crippen molar-refractivity contribution >= 4 is 45.6 Å². The molecule has 1 amide bonds. The molecule has 96 valence electrons. The number of halogens is 2. The molecule has 1 aliphatic heterocycles. The Labute approximate surface area is 120 Å². The van der Waals surface area contributed by atoms with E-state index in [4.69, 9.17) is 0 Å². The van der Waals surface area contributed by atoms with Crippen molar-refractivity contribution < 1.29 is 4.79 Å². The highest BCUT2D eigenvalue weighted by molar-refractivity contribution is 9.11. The highest BCUT2D eigenvalue weighted by Gasteiger charge is 2.21. The fraction of sp³-hybridized carbons (Fsp3) is 0.545. The zero-order valence-electron chi connectivity index (χ0n) is 9.37. The number of amides is 1. The van der Waals surface area contributed by atoms with E-state index in [1.54, 1.807) is 11.3 Å². The van der Waals surface area contributed by atoms with E-state index in [1.807, 2.05) is 6.07 Å². The van der Waals surface area contributed by atoms with Gasteiger partial charge in [-0.3, -0.25) is 4.79 Å². The Bertz CT molecular complexity index is 366. The molecule has 1 atom stereocenters. The normalized spacial score (nSPS) is 18.8. The number of carbonyl (C=O) groups is 1. The van der Waals surface area contributed by atoms with Gasteiger partial charge in [0.15, 0.2) is 0 Å². The Morgan fingerprint density at radius 3 is 3.00 bits per heavy atom. The average molecular weight is 340 g/mol. The van der Waals surface area contributed by atoms with Crippen molar-refractivity contribution in [1.29, 1.82) is 0 Å². The Kier molecular flexibility index (Phi) is 6.48. The summed E-state index contributed by atoms with van der Waals surface area (Å²) in [6.45, 7) is 1.69. The topological polar surface area (TPSA) is 41.1 Å². The van der Waals surface area contributed by atoms with Crippen LogP contribution in [0.4, 0.5) is 0 Å². The maximum Gasteiger partial charge on any atom is 0.237 e. The fourth-order valence-corrected chi connectivity index (χ4v) is 3.31. The summed E-state index contributed by atoms with van der Waals surface area (Å²) in [4.78, 5) is 13.0. The summed E-state index contributed by atoms with van der Waals surface area (Å²) < 4.78 is 1.14. The minimum absolute atomic E-state index is 0. The van der Waals surface area contributed by atoms with Crippen LogP contribution in [-0.4, -0.2) is 25.0 Å². The lowest BCUT2D eigenvalue weighted by Gasteiger charge is -2.10. The Morgan fingerprint density at radius 1 is 1.59 bits per heavy atom. The quantitative estimate of drug-likeness (QED) is 0.884. The Morgan fingerprint density at radius 2 is 2.41 bits per heavy atom. The van der Waals surface area contributed by atoms with Crippen LogP contribution in [0.3, 0.4) is 0 Å². The van der Waals surface area contributed by atoms with E-state index in [-0.39, 0.29) is 24.4 Å². The lowest BCUT2D eigenvalue weighted by Crippen LogP contribution is -2.41. The molecule has 1 saturated heterocycles. The van der Waals surface area contributed by atoms with Crippen molar-refractivity contribution in [1.82, 2.24) is 10.6 Å². The van der Waals surface area contributed by atoms with E-state index in [1.165, 1.54) is 4.88 Å². The monoisotopic (exact) mass is 338 g/mol. The third kappa shape index (κ3) is 4.58. The van der Waals surface area contributed by atoms with Gasteiger partial charge in [-0.25, -0.2) is 0 Å². The molecule has 1 aliphatic rings. The third-order valence-electron chi connectivity index (χ3n) is 2.68. The first-order valence-electron chi connectivity index (χ1n) is 5.51. The molecule has 1 aromatic heterocycles. The maximum absolute atomic E-state index is 11.7. The number of rotatable bonds is 4. The molecule has 0 spiro atoms. The summed E-state index contributed by atoms with van der Waals surface area (Å²) in [6.07, 6.45) is 2.99. The lowest BCUT2D eigenvalue weighted by molar-refractivity contribution is -0.122. The van der Waals surface area contributed by atoms with Gasteiger partial charge in [0, 0.05) is 11.4 Å². The molecule has 6 heteroatoms. The number of hydrogen-bond donors (Lipinski definition) is 2. The predicted octanol–water partition coefficient (Wildman–Crippen LogP) is 2.34. The van der Waals surface area contributed by atoms with Crippen molar-refractivity contribution in [2.45, 2.75) is 25.3 Å². The number of thiophene rings is 1. The lowest BCUT2D eigenvalue weighted by atomic mass is 10.2. The van der Waals surface area contributed by atoms with E-state index in [9.17, 15) is 4.79 Å². The number of hydrogen-bond acceptors (Lipinski definition) is 3. The molecule has 2 N–H and O–H groups in total. The number of carbonyl (C=O) groups excluding carboxylic acids is 1. The van der Waals surface area contributed by atoms with E-state index >= 15 is 0 Å². The molecular weight excluding hydrogens is 324 g/mol. The van der Waals surface area contributed by atoms with Crippen LogP contribution in [0.5, 0.6) is 0 Å². The van der Waals surface area contributed by atoms with Crippen LogP contribution in [0, 0.1) is 0 Å². The van der Waals surface area contributed by atoms with Crippen LogP contribution >= 0.6 is 39.7 Å². The van der Waals surface area contributed by atoms with Gasteiger partial charge in [0.05, 0.1) is 9.83 Å². The van der Waals surface area contributed by atoms with E-state index in [0.29, 0.717) is 0 Å². The molecule has 0 saturated carbocycles. The molecule has 2 heterocycles. The zero-order chi connectivity index (χ0) is 11.4. The largest absolute Gasteiger partial charge is 0.354 e. The summed E-state index contributed by atoms with van der Waals surface area (Å²) in [5, 5.41) is 6.16. The second-order valence-electron chi connectivity index (χ2n) is 3.90. The first-order chi connectivity index (χ1) is 7.75. The summed E-state index contributed by atoms with van der Waals surface area (Å²) >= 11 is 5.15. The average Bonchev–Trinajstić information content (AvgIpc) is 2.89. The van der Waals surface area contributed by atoms with Crippen molar-refractivity contribution in [2.24, 2.45) is 0 Å². The van der Waals surface area contributed by atoms with Gasteiger partial charge < -0.3 is 10.6 Å². The van der Waals surface area contributed by atoms with Crippen molar-refractivity contribution in [2.75, 3.05) is 13.1 Å². The predicted molar refractivity (Wildman–Crippen MR) is 77.0 cm³/mol. The molecule has 1 fully saturated rings. The maximum atomic E-state index is 11.7. The van der Waals surface area contributed by atoms with Crippen molar-refractivity contribution in [3.8, 4) is 0 Å². The van der Waals surface area contributed by atoms with Gasteiger partial charge in [0.1, 0.15) is 0 Å². The fourth-order valence-electron chi connectivity index (χ4n) is 1.83. The smallest absolute Gasteiger partial charge is 0.237 e. The first kappa shape index (κ1) is 15.0. The highest BCUT2D eigenvalue weighted by Crippen LogP contribution is 2.22. The Balaban J connectivity index is 0.00000144. The molecule has 0 aromatic carbocycles. The van der Waals surface area contributed by atoms with Crippen LogP contribution in [0.15, 0.2) is 15.9 Å². The van der Waals surface area contributed by atoms with Crippen LogP contribution < -0.4 is 10.6 Å². The zero-order valence-corrected chi connectivity index (χ0v) is 12.6. The molecule has 1 aromatic rings. The summed E-state index contributed by atoms with van der Waals surface area (Å²) in [6, 6.07) is 4.17. The summed E-state index contributed by atoms with van der Waals surface area (Å²) in [5.74, 6) is 0.146. The van der Waals surface area contributed by atoms with E-state index in [2.05, 4.69) is 32.6 Å². The van der Waals surface area contributed by atoms with Gasteiger partial charge in [0.2, 0.25) is 5.91 Å². The van der Waals surface area contributed by atoms with Crippen LogP contribution in [0.2, 0.25) is 0 Å². The molecule has 1 unspecified atom stereocenters. The van der Waals surface area contributed by atoms with Gasteiger partial charge >= 0.3 is 0 Å². The minimum atomic E-state index is 0. The van der Waals surface area contributed by atoms with E-state index < -0.39 is 0 Å². The molecule has 0 bridgehead atoms. The van der Waals surface area contributed by atoms with Crippen molar-refractivity contribution in [3.63, 3.8) is 0 Å². The molecule has 2 rings (SSSR count). The third-order valence-corrected chi connectivity index (χ3v) is 4.36. The van der Waals surface area contributed by atoms with Crippen LogP contribution in [0.1, 0.15) is 17.7 Å².